The molecule has 1 aromatic heterocycles. The molecule has 1 heterocycles. The van der Waals surface area contributed by atoms with E-state index in [1.165, 1.54) is 35.3 Å². The lowest BCUT2D eigenvalue weighted by Crippen LogP contribution is -2.08. The molecule has 0 spiro atoms. The summed E-state index contributed by atoms with van der Waals surface area (Å²) in [7, 11) is 0. The maximum Gasteiger partial charge on any atom is 0.387 e. The molecule has 1 amide bonds. The summed E-state index contributed by atoms with van der Waals surface area (Å²) in [4.78, 5) is 12.2. The van der Waals surface area contributed by atoms with Crippen molar-refractivity contribution in [3.8, 4) is 17.2 Å². The van der Waals surface area contributed by atoms with Crippen LogP contribution in [0.2, 0.25) is 0 Å². The van der Waals surface area contributed by atoms with Gasteiger partial charge >= 0.3 is 6.61 Å². The quantitative estimate of drug-likeness (QED) is 0.583. The Bertz CT molecular complexity index is 993. The molecule has 150 valence electrons. The molecule has 0 aliphatic rings. The lowest BCUT2D eigenvalue weighted by Gasteiger charge is -2.11. The predicted octanol–water partition coefficient (Wildman–Crippen LogP) is 3.31. The van der Waals surface area contributed by atoms with Crippen LogP contribution in [0.3, 0.4) is 0 Å². The summed E-state index contributed by atoms with van der Waals surface area (Å²) in [5.41, 5.74) is 1.84. The number of amides is 1. The number of nitrogens with zero attached hydrogens (tertiary/aromatic N) is 4. The van der Waals surface area contributed by atoms with Crippen LogP contribution in [0.15, 0.2) is 54.9 Å². The molecule has 10 heteroatoms. The average molecular weight is 401 g/mol. The Kier molecular flexibility index (Phi) is 6.46. The van der Waals surface area contributed by atoms with Gasteiger partial charge in [-0.1, -0.05) is 12.1 Å². The van der Waals surface area contributed by atoms with Gasteiger partial charge < -0.3 is 14.8 Å². The molecule has 0 saturated carbocycles. The van der Waals surface area contributed by atoms with E-state index in [9.17, 15) is 13.6 Å². The second-order valence-electron chi connectivity index (χ2n) is 5.64. The van der Waals surface area contributed by atoms with Crippen LogP contribution in [-0.2, 0) is 4.79 Å². The van der Waals surface area contributed by atoms with Crippen LogP contribution in [0.5, 0.6) is 11.5 Å². The third-order valence-corrected chi connectivity index (χ3v) is 3.64. The number of tetrazole rings is 1. The van der Waals surface area contributed by atoms with Gasteiger partial charge in [0, 0.05) is 11.8 Å². The zero-order valence-corrected chi connectivity index (χ0v) is 15.3. The number of carbonyl (C=O) groups excluding carboxylic acids is 1. The largest absolute Gasteiger partial charge is 0.490 e. The highest BCUT2D eigenvalue weighted by atomic mass is 19.3. The maximum absolute atomic E-state index is 12.5. The van der Waals surface area contributed by atoms with Gasteiger partial charge in [0.25, 0.3) is 0 Å². The maximum atomic E-state index is 12.5. The summed E-state index contributed by atoms with van der Waals surface area (Å²) in [6.45, 7) is -0.943. The van der Waals surface area contributed by atoms with Gasteiger partial charge in [-0.05, 0) is 59.3 Å². The number of carbonyl (C=O) groups is 1. The van der Waals surface area contributed by atoms with E-state index < -0.39 is 6.61 Å². The van der Waals surface area contributed by atoms with Crippen LogP contribution in [-0.4, -0.2) is 39.3 Å². The molecule has 0 bridgehead atoms. The van der Waals surface area contributed by atoms with Crippen molar-refractivity contribution in [1.82, 2.24) is 20.2 Å². The highest BCUT2D eigenvalue weighted by Gasteiger charge is 2.11. The zero-order valence-electron chi connectivity index (χ0n) is 15.3. The third kappa shape index (κ3) is 5.58. The Morgan fingerprint density at radius 3 is 2.83 bits per heavy atom. The van der Waals surface area contributed by atoms with Crippen LogP contribution in [0.4, 0.5) is 14.5 Å². The van der Waals surface area contributed by atoms with E-state index in [0.29, 0.717) is 16.9 Å². The van der Waals surface area contributed by atoms with Gasteiger partial charge in [0.1, 0.15) is 6.33 Å². The molecule has 0 unspecified atom stereocenters. The first kappa shape index (κ1) is 19.9. The highest BCUT2D eigenvalue weighted by Crippen LogP contribution is 2.30. The number of hydrogen-bond donors (Lipinski definition) is 1. The van der Waals surface area contributed by atoms with Crippen molar-refractivity contribution >= 4 is 17.7 Å². The summed E-state index contributed by atoms with van der Waals surface area (Å²) in [6.07, 6.45) is 4.30. The Morgan fingerprint density at radius 2 is 2.10 bits per heavy atom. The van der Waals surface area contributed by atoms with Gasteiger partial charge in [0.15, 0.2) is 11.5 Å². The molecule has 29 heavy (non-hydrogen) atoms. The lowest BCUT2D eigenvalue weighted by atomic mass is 10.2. The van der Waals surface area contributed by atoms with E-state index >= 15 is 0 Å². The van der Waals surface area contributed by atoms with Gasteiger partial charge in [-0.15, -0.1) is 5.10 Å². The van der Waals surface area contributed by atoms with E-state index in [2.05, 4.69) is 25.6 Å². The van der Waals surface area contributed by atoms with E-state index in [4.69, 9.17) is 4.74 Å². The van der Waals surface area contributed by atoms with E-state index in [-0.39, 0.29) is 24.0 Å². The van der Waals surface area contributed by atoms with Gasteiger partial charge in [0.05, 0.1) is 12.3 Å². The Labute approximate surface area is 164 Å². The highest BCUT2D eigenvalue weighted by molar-refractivity contribution is 6.02. The van der Waals surface area contributed by atoms with E-state index in [1.54, 1.807) is 37.3 Å². The van der Waals surface area contributed by atoms with Gasteiger partial charge in [-0.2, -0.15) is 8.78 Å². The Hall–Kier alpha value is -3.82. The molecule has 0 aliphatic carbocycles. The smallest absolute Gasteiger partial charge is 0.387 e. The number of halogens is 2. The van der Waals surface area contributed by atoms with Crippen molar-refractivity contribution in [2.24, 2.45) is 0 Å². The minimum Gasteiger partial charge on any atom is -0.490 e. The monoisotopic (exact) mass is 401 g/mol. The van der Waals surface area contributed by atoms with Crippen LogP contribution in [0.25, 0.3) is 11.8 Å². The summed E-state index contributed by atoms with van der Waals surface area (Å²) >= 11 is 0. The SMILES string of the molecule is CCOc1cc(/C=C/C(=O)Nc2cccc(-n3cnnn3)c2)ccc1OC(F)F. The van der Waals surface area contributed by atoms with Crippen LogP contribution in [0, 0.1) is 0 Å². The molecular formula is C19H17F2N5O3. The van der Waals surface area contributed by atoms with Crippen molar-refractivity contribution < 1.29 is 23.0 Å². The molecule has 8 nitrogen and oxygen atoms in total. The first-order valence-corrected chi connectivity index (χ1v) is 8.59. The molecule has 0 atom stereocenters. The zero-order chi connectivity index (χ0) is 20.6. The van der Waals surface area contributed by atoms with Gasteiger partial charge in [-0.3, -0.25) is 4.79 Å². The fourth-order valence-electron chi connectivity index (χ4n) is 2.45. The number of benzene rings is 2. The number of aromatic nitrogens is 4. The number of rotatable bonds is 8. The van der Waals surface area contributed by atoms with Crippen LogP contribution < -0.4 is 14.8 Å². The average Bonchev–Trinajstić information content (AvgIpc) is 3.23. The fraction of sp³-hybridized carbons (Fsp3) is 0.158. The second kappa shape index (κ2) is 9.40. The molecule has 0 saturated heterocycles. The molecule has 3 rings (SSSR count). The van der Waals surface area contributed by atoms with E-state index in [1.807, 2.05) is 0 Å². The van der Waals surface area contributed by atoms with Crippen molar-refractivity contribution in [1.29, 1.82) is 0 Å². The lowest BCUT2D eigenvalue weighted by molar-refractivity contribution is -0.111. The number of alkyl halides is 2. The third-order valence-electron chi connectivity index (χ3n) is 3.64. The van der Waals surface area contributed by atoms with Crippen LogP contribution in [0.1, 0.15) is 12.5 Å². The molecular weight excluding hydrogens is 384 g/mol. The molecule has 0 aliphatic heterocycles. The summed E-state index contributed by atoms with van der Waals surface area (Å²) in [6, 6.07) is 11.4. The molecule has 1 N–H and O–H groups in total. The number of anilines is 1. The Balaban J connectivity index is 1.69. The minimum atomic E-state index is -2.95. The first-order valence-electron chi connectivity index (χ1n) is 8.59. The van der Waals surface area contributed by atoms with Crippen LogP contribution >= 0.6 is 0 Å². The van der Waals surface area contributed by atoms with Crippen molar-refractivity contribution in [2.45, 2.75) is 13.5 Å². The standard InChI is InChI=1S/C19H17F2N5O3/c1-2-28-17-10-13(6-8-16(17)29-19(20)21)7-9-18(27)23-14-4-3-5-15(11-14)26-12-22-24-25-26/h3-12,19H,2H2,1H3,(H,23,27)/b9-7+. The van der Waals surface area contributed by atoms with Gasteiger partial charge in [0.2, 0.25) is 5.91 Å². The first-order chi connectivity index (χ1) is 14.0. The molecule has 2 aromatic carbocycles. The fourth-order valence-corrected chi connectivity index (χ4v) is 2.45. The number of hydrogen-bond acceptors (Lipinski definition) is 6. The second-order valence-corrected chi connectivity index (χ2v) is 5.64. The minimum absolute atomic E-state index is 0.0668. The number of ether oxygens (including phenoxy) is 2. The summed E-state index contributed by atoms with van der Waals surface area (Å²) in [5.74, 6) is -0.267. The Morgan fingerprint density at radius 1 is 1.24 bits per heavy atom. The summed E-state index contributed by atoms with van der Waals surface area (Å²) < 4.78 is 36.1. The van der Waals surface area contributed by atoms with Crippen molar-refractivity contribution in [3.63, 3.8) is 0 Å². The van der Waals surface area contributed by atoms with E-state index in [0.717, 1.165) is 0 Å². The van der Waals surface area contributed by atoms with Gasteiger partial charge in [-0.25, -0.2) is 4.68 Å². The topological polar surface area (TPSA) is 91.2 Å². The molecule has 0 fully saturated rings. The predicted molar refractivity (Wildman–Crippen MR) is 101 cm³/mol. The molecule has 0 radical (unpaired) electrons. The summed E-state index contributed by atoms with van der Waals surface area (Å²) in [5, 5.41) is 13.7. The van der Waals surface area contributed by atoms with Crippen molar-refractivity contribution in [2.75, 3.05) is 11.9 Å². The number of nitrogens with one attached hydrogen (secondary N) is 1. The molecule has 3 aromatic rings. The van der Waals surface area contributed by atoms with Crippen molar-refractivity contribution in [3.05, 3.63) is 60.4 Å². The normalized spacial score (nSPS) is 11.0.